The highest BCUT2D eigenvalue weighted by molar-refractivity contribution is 5.75. The van der Waals surface area contributed by atoms with Crippen molar-refractivity contribution in [3.8, 4) is 0 Å². The fourth-order valence-corrected chi connectivity index (χ4v) is 2.07. The summed E-state index contributed by atoms with van der Waals surface area (Å²) in [7, 11) is 1.88. The van der Waals surface area contributed by atoms with Gasteiger partial charge in [0.1, 0.15) is 0 Å². The van der Waals surface area contributed by atoms with Crippen LogP contribution >= 0.6 is 0 Å². The molecular formula is C17H28N2O. The zero-order chi connectivity index (χ0) is 15.0. The van der Waals surface area contributed by atoms with Crippen LogP contribution in [0.2, 0.25) is 0 Å². The lowest BCUT2D eigenvalue weighted by atomic mass is 10.00. The molecule has 0 heterocycles. The number of unbranched alkanes of at least 4 members (excludes halogenated alkanes) is 1. The molecule has 0 saturated heterocycles. The normalized spacial score (nSPS) is 11.4. The Morgan fingerprint density at radius 1 is 1.20 bits per heavy atom. The van der Waals surface area contributed by atoms with Crippen LogP contribution in [0.1, 0.15) is 45.1 Å². The van der Waals surface area contributed by atoms with Gasteiger partial charge >= 0.3 is 0 Å². The van der Waals surface area contributed by atoms with E-state index < -0.39 is 0 Å². The maximum atomic E-state index is 11.9. The van der Waals surface area contributed by atoms with Crippen molar-refractivity contribution >= 4 is 5.91 Å². The summed E-state index contributed by atoms with van der Waals surface area (Å²) in [5.41, 5.74) is 7.01. The lowest BCUT2D eigenvalue weighted by Crippen LogP contribution is -2.35. The van der Waals surface area contributed by atoms with Crippen LogP contribution in [0.25, 0.3) is 0 Å². The van der Waals surface area contributed by atoms with E-state index in [0.29, 0.717) is 6.42 Å². The second-order valence-corrected chi connectivity index (χ2v) is 6.25. The van der Waals surface area contributed by atoms with E-state index in [4.69, 9.17) is 5.73 Å². The van der Waals surface area contributed by atoms with E-state index in [1.165, 1.54) is 5.56 Å². The molecule has 0 atom stereocenters. The van der Waals surface area contributed by atoms with Gasteiger partial charge in [0, 0.05) is 25.6 Å². The summed E-state index contributed by atoms with van der Waals surface area (Å²) in [4.78, 5) is 13.8. The molecule has 3 heteroatoms. The van der Waals surface area contributed by atoms with Gasteiger partial charge in [0.25, 0.3) is 0 Å². The summed E-state index contributed by atoms with van der Waals surface area (Å²) in [6.07, 6.45) is 4.52. The lowest BCUT2D eigenvalue weighted by molar-refractivity contribution is -0.130. The number of hydrogen-bond donors (Lipinski definition) is 1. The minimum Gasteiger partial charge on any atom is -0.346 e. The third-order valence-electron chi connectivity index (χ3n) is 3.46. The quantitative estimate of drug-likeness (QED) is 0.742. The number of aryl methyl sites for hydroxylation is 1. The van der Waals surface area contributed by atoms with Crippen molar-refractivity contribution in [1.82, 2.24) is 4.90 Å². The molecule has 20 heavy (non-hydrogen) atoms. The Labute approximate surface area is 123 Å². The molecule has 0 saturated carbocycles. The van der Waals surface area contributed by atoms with Gasteiger partial charge in [0.15, 0.2) is 0 Å². The van der Waals surface area contributed by atoms with E-state index in [9.17, 15) is 4.79 Å². The van der Waals surface area contributed by atoms with Crippen molar-refractivity contribution in [2.75, 3.05) is 13.6 Å². The van der Waals surface area contributed by atoms with Crippen LogP contribution in [-0.2, 0) is 11.2 Å². The van der Waals surface area contributed by atoms with Gasteiger partial charge in [-0.05, 0) is 45.1 Å². The molecule has 112 valence electrons. The Balaban J connectivity index is 2.16. The average Bonchev–Trinajstić information content (AvgIpc) is 2.41. The largest absolute Gasteiger partial charge is 0.346 e. The fraction of sp³-hybridized carbons (Fsp3) is 0.588. The van der Waals surface area contributed by atoms with E-state index in [1.54, 1.807) is 0 Å². The molecule has 0 aliphatic heterocycles. The maximum Gasteiger partial charge on any atom is 0.222 e. The SMILES string of the molecule is CN(CCCCc1ccccc1)C(=O)CCC(C)(C)N. The van der Waals surface area contributed by atoms with Crippen LogP contribution < -0.4 is 5.73 Å². The highest BCUT2D eigenvalue weighted by Crippen LogP contribution is 2.09. The van der Waals surface area contributed by atoms with Crippen LogP contribution in [0.4, 0.5) is 0 Å². The van der Waals surface area contributed by atoms with E-state index in [1.807, 2.05) is 31.9 Å². The molecule has 1 aromatic carbocycles. The molecule has 0 unspecified atom stereocenters. The number of carbonyl (C=O) groups excluding carboxylic acids is 1. The average molecular weight is 276 g/mol. The number of hydrogen-bond acceptors (Lipinski definition) is 2. The molecule has 1 amide bonds. The minimum atomic E-state index is -0.260. The second-order valence-electron chi connectivity index (χ2n) is 6.25. The third kappa shape index (κ3) is 7.29. The Morgan fingerprint density at radius 3 is 2.45 bits per heavy atom. The Kier molecular flexibility index (Phi) is 6.73. The minimum absolute atomic E-state index is 0.197. The van der Waals surface area contributed by atoms with Gasteiger partial charge in [-0.15, -0.1) is 0 Å². The molecule has 0 fully saturated rings. The molecule has 0 aliphatic rings. The van der Waals surface area contributed by atoms with Crippen LogP contribution in [0.15, 0.2) is 30.3 Å². The van der Waals surface area contributed by atoms with Crippen molar-refractivity contribution in [2.24, 2.45) is 5.73 Å². The number of rotatable bonds is 8. The predicted molar refractivity (Wildman–Crippen MR) is 84.5 cm³/mol. The molecule has 3 nitrogen and oxygen atoms in total. The van der Waals surface area contributed by atoms with Gasteiger partial charge in [-0.3, -0.25) is 4.79 Å². The van der Waals surface area contributed by atoms with E-state index >= 15 is 0 Å². The van der Waals surface area contributed by atoms with Crippen LogP contribution in [0.3, 0.4) is 0 Å². The Hall–Kier alpha value is -1.35. The van der Waals surface area contributed by atoms with Crippen molar-refractivity contribution in [3.05, 3.63) is 35.9 Å². The summed E-state index contributed by atoms with van der Waals surface area (Å²) in [5, 5.41) is 0. The molecule has 0 spiro atoms. The number of amides is 1. The summed E-state index contributed by atoms with van der Waals surface area (Å²) >= 11 is 0. The number of carbonyl (C=O) groups is 1. The number of benzene rings is 1. The van der Waals surface area contributed by atoms with Crippen LogP contribution in [0.5, 0.6) is 0 Å². The van der Waals surface area contributed by atoms with Crippen molar-refractivity contribution < 1.29 is 4.79 Å². The van der Waals surface area contributed by atoms with Gasteiger partial charge in [-0.2, -0.15) is 0 Å². The molecule has 1 rings (SSSR count). The number of nitrogens with zero attached hydrogens (tertiary/aromatic N) is 1. The molecule has 0 radical (unpaired) electrons. The summed E-state index contributed by atoms with van der Waals surface area (Å²) in [6, 6.07) is 10.5. The van der Waals surface area contributed by atoms with Gasteiger partial charge in [-0.1, -0.05) is 30.3 Å². The summed E-state index contributed by atoms with van der Waals surface area (Å²) < 4.78 is 0. The standard InChI is InChI=1S/C17H28N2O/c1-17(2,18)13-12-16(20)19(3)14-8-7-11-15-9-5-4-6-10-15/h4-6,9-10H,7-8,11-14,18H2,1-3H3. The molecule has 0 aromatic heterocycles. The van der Waals surface area contributed by atoms with E-state index in [2.05, 4.69) is 24.3 Å². The van der Waals surface area contributed by atoms with E-state index in [0.717, 1.165) is 32.2 Å². The first-order valence-electron chi connectivity index (χ1n) is 7.45. The topological polar surface area (TPSA) is 46.3 Å². The van der Waals surface area contributed by atoms with Gasteiger partial charge in [0.2, 0.25) is 5.91 Å². The summed E-state index contributed by atoms with van der Waals surface area (Å²) in [6.45, 7) is 4.75. The molecule has 1 aromatic rings. The smallest absolute Gasteiger partial charge is 0.222 e. The molecule has 2 N–H and O–H groups in total. The van der Waals surface area contributed by atoms with Crippen LogP contribution in [0, 0.1) is 0 Å². The van der Waals surface area contributed by atoms with Gasteiger partial charge < -0.3 is 10.6 Å². The predicted octanol–water partition coefficient (Wildman–Crippen LogP) is 2.99. The van der Waals surface area contributed by atoms with Crippen molar-refractivity contribution in [2.45, 2.75) is 51.5 Å². The highest BCUT2D eigenvalue weighted by Gasteiger charge is 2.15. The van der Waals surface area contributed by atoms with Gasteiger partial charge in [0.05, 0.1) is 0 Å². The molecule has 0 aliphatic carbocycles. The molecule has 0 bridgehead atoms. The lowest BCUT2D eigenvalue weighted by Gasteiger charge is -2.21. The second kappa shape index (κ2) is 8.05. The zero-order valence-corrected chi connectivity index (χ0v) is 13.1. The first-order valence-corrected chi connectivity index (χ1v) is 7.45. The summed E-state index contributed by atoms with van der Waals surface area (Å²) in [5.74, 6) is 0.197. The van der Waals surface area contributed by atoms with Crippen molar-refractivity contribution in [3.63, 3.8) is 0 Å². The Morgan fingerprint density at radius 2 is 1.85 bits per heavy atom. The monoisotopic (exact) mass is 276 g/mol. The Bertz CT molecular complexity index is 395. The molecular weight excluding hydrogens is 248 g/mol. The first-order chi connectivity index (χ1) is 9.38. The van der Waals surface area contributed by atoms with E-state index in [-0.39, 0.29) is 11.4 Å². The number of nitrogens with two attached hydrogens (primary N) is 1. The fourth-order valence-electron chi connectivity index (χ4n) is 2.07. The zero-order valence-electron chi connectivity index (χ0n) is 13.1. The maximum absolute atomic E-state index is 11.9. The highest BCUT2D eigenvalue weighted by atomic mass is 16.2. The van der Waals surface area contributed by atoms with Crippen LogP contribution in [-0.4, -0.2) is 29.9 Å². The third-order valence-corrected chi connectivity index (χ3v) is 3.46. The first kappa shape index (κ1) is 16.7. The van der Waals surface area contributed by atoms with Gasteiger partial charge in [-0.25, -0.2) is 0 Å². The van der Waals surface area contributed by atoms with Crippen molar-refractivity contribution in [1.29, 1.82) is 0 Å².